The monoisotopic (exact) mass is 162 g/mol. The average molecular weight is 162 g/mol. The fraction of sp³-hybridized carbons (Fsp3) is 0. The molecule has 0 amide bonds. The Hall–Kier alpha value is -1.31. The standard InChI is InChI=1S/ClH3.2NO3/c;2*2-1(3)4/h1H3;;/q+2;2*-1. The summed E-state index contributed by atoms with van der Waals surface area (Å²) in [5, 5.41) is 29.5. The molecule has 0 aromatic rings. The largest absolute Gasteiger partial charge is 0.356 e. The van der Waals surface area contributed by atoms with E-state index < -0.39 is 10.2 Å². The molecule has 0 aliphatic carbocycles. The molecule has 0 saturated heterocycles. The van der Waals surface area contributed by atoms with Crippen LogP contribution in [-0.2, 0) is 0 Å². The van der Waals surface area contributed by atoms with Gasteiger partial charge in [-0.05, 0) is 0 Å². The van der Waals surface area contributed by atoms with E-state index >= 15 is 0 Å². The first-order chi connectivity index (χ1) is 3.46. The van der Waals surface area contributed by atoms with Gasteiger partial charge in [0.25, 0.3) is 0 Å². The Balaban J connectivity index is -0.0000000720. The van der Waals surface area contributed by atoms with Crippen LogP contribution in [0.4, 0.5) is 0 Å². The second-order valence-electron chi connectivity index (χ2n) is 0.447. The molecule has 0 N–H and O–H groups in total. The van der Waals surface area contributed by atoms with E-state index in [0.717, 1.165) is 0 Å². The minimum atomic E-state index is -1.75. The normalized spacial score (nSPS) is 5.33. The molecule has 0 spiro atoms. The Bertz CT molecular complexity index is 69.1. The van der Waals surface area contributed by atoms with Gasteiger partial charge in [0.05, 0.1) is 10.2 Å². The van der Waals surface area contributed by atoms with Crippen molar-refractivity contribution in [3.63, 3.8) is 0 Å². The highest BCUT2D eigenvalue weighted by molar-refractivity contribution is 4.04. The van der Waals surface area contributed by atoms with E-state index in [0.29, 0.717) is 0 Å². The lowest BCUT2D eigenvalue weighted by molar-refractivity contribution is -0.403. The van der Waals surface area contributed by atoms with Crippen molar-refractivity contribution in [1.82, 2.24) is 0 Å². The molecule has 0 heterocycles. The zero-order valence-corrected chi connectivity index (χ0v) is 4.84. The smallest absolute Gasteiger partial charge is 0.0689 e. The molecule has 0 fully saturated rings. The second kappa shape index (κ2) is 9.85. The molecule has 0 atom stereocenters. The molecule has 0 aromatic carbocycles. The zero-order valence-electron chi connectivity index (χ0n) is 3.84. The lowest BCUT2D eigenvalue weighted by Crippen LogP contribution is -1.74. The molecule has 9 heavy (non-hydrogen) atoms. The van der Waals surface area contributed by atoms with E-state index in [-0.39, 0.29) is 12.4 Å². The summed E-state index contributed by atoms with van der Waals surface area (Å²) in [5.41, 5.74) is 0. The summed E-state index contributed by atoms with van der Waals surface area (Å²) in [6.45, 7) is 0. The third kappa shape index (κ3) is 85.7. The number of hydrogen-bond acceptors (Lipinski definition) is 6. The maximum absolute atomic E-state index is 8.25. The van der Waals surface area contributed by atoms with Crippen LogP contribution in [0.3, 0.4) is 0 Å². The van der Waals surface area contributed by atoms with Crippen LogP contribution in [0.2, 0.25) is 0 Å². The Morgan fingerprint density at radius 3 is 0.778 bits per heavy atom. The zero-order chi connectivity index (χ0) is 7.15. The van der Waals surface area contributed by atoms with Gasteiger partial charge in [-0.15, -0.1) is 0 Å². The average Bonchev–Trinajstić information content (AvgIpc) is 1.25. The quantitative estimate of drug-likeness (QED) is 0.322. The fourth-order valence-corrected chi connectivity index (χ4v) is 0. The van der Waals surface area contributed by atoms with E-state index in [1.807, 2.05) is 0 Å². The van der Waals surface area contributed by atoms with Gasteiger partial charge in [0.15, 0.2) is 0 Å². The minimum Gasteiger partial charge on any atom is -0.356 e. The van der Waals surface area contributed by atoms with E-state index in [9.17, 15) is 0 Å². The summed E-state index contributed by atoms with van der Waals surface area (Å²) >= 11 is 0. The van der Waals surface area contributed by atoms with Crippen LogP contribution < -0.4 is 0 Å². The third-order valence-corrected chi connectivity index (χ3v) is 0. The molecule has 9 heteroatoms. The first-order valence-corrected chi connectivity index (χ1v) is 1.10. The van der Waals surface area contributed by atoms with Gasteiger partial charge in [-0.3, -0.25) is 0 Å². The van der Waals surface area contributed by atoms with Crippen molar-refractivity contribution in [2.45, 2.75) is 0 Å². The summed E-state index contributed by atoms with van der Waals surface area (Å²) in [6, 6.07) is 0. The molecule has 0 saturated carbocycles. The van der Waals surface area contributed by atoms with Crippen molar-refractivity contribution in [2.75, 3.05) is 0 Å². The molecule has 0 rings (SSSR count). The molecule has 0 aromatic heterocycles. The van der Waals surface area contributed by atoms with Crippen molar-refractivity contribution >= 4 is 0 Å². The Kier molecular flexibility index (Phi) is 17.1. The van der Waals surface area contributed by atoms with Crippen molar-refractivity contribution in [2.24, 2.45) is 0 Å². The highest BCUT2D eigenvalue weighted by Gasteiger charge is 1.46. The highest BCUT2D eigenvalue weighted by atomic mass is 35.5. The van der Waals surface area contributed by atoms with E-state index in [4.69, 9.17) is 30.6 Å². The van der Waals surface area contributed by atoms with Gasteiger partial charge >= 0.3 is 0 Å². The number of rotatable bonds is 0. The van der Waals surface area contributed by atoms with E-state index in [1.165, 1.54) is 0 Å². The maximum Gasteiger partial charge on any atom is 0.0689 e. The van der Waals surface area contributed by atoms with Crippen LogP contribution in [0.1, 0.15) is 0 Å². The summed E-state index contributed by atoms with van der Waals surface area (Å²) in [4.78, 5) is 16.5. The maximum atomic E-state index is 8.25. The Morgan fingerprint density at radius 2 is 0.778 bits per heavy atom. The van der Waals surface area contributed by atoms with Crippen molar-refractivity contribution in [1.29, 1.82) is 0 Å². The van der Waals surface area contributed by atoms with Gasteiger partial charge < -0.3 is 30.6 Å². The first-order valence-electron chi connectivity index (χ1n) is 1.10. The molecule has 0 bridgehead atoms. The van der Waals surface area contributed by atoms with Crippen LogP contribution in [0.5, 0.6) is 0 Å². The molecule has 0 aliphatic rings. The van der Waals surface area contributed by atoms with Gasteiger partial charge in [0.1, 0.15) is 0 Å². The van der Waals surface area contributed by atoms with Gasteiger partial charge in [0.2, 0.25) is 0 Å². The molecule has 0 radical (unpaired) electrons. The molecule has 8 nitrogen and oxygen atoms in total. The van der Waals surface area contributed by atoms with Crippen LogP contribution in [0, 0.1) is 43.1 Å². The van der Waals surface area contributed by atoms with E-state index in [1.54, 1.807) is 0 Å². The predicted molar refractivity (Wildman–Crippen MR) is 24.9 cm³/mol. The van der Waals surface area contributed by atoms with Gasteiger partial charge in [-0.1, -0.05) is 12.4 Å². The molecule has 0 unspecified atom stereocenters. The first kappa shape index (κ1) is 15.6. The summed E-state index contributed by atoms with van der Waals surface area (Å²) < 4.78 is 0. The van der Waals surface area contributed by atoms with Crippen LogP contribution in [-0.4, -0.2) is 10.2 Å². The highest BCUT2D eigenvalue weighted by Crippen LogP contribution is 1.44. The van der Waals surface area contributed by atoms with Gasteiger partial charge in [-0.2, -0.15) is 0 Å². The van der Waals surface area contributed by atoms with E-state index in [2.05, 4.69) is 0 Å². The fourth-order valence-electron chi connectivity index (χ4n) is 0. The van der Waals surface area contributed by atoms with Crippen molar-refractivity contribution in [3.05, 3.63) is 30.6 Å². The second-order valence-corrected chi connectivity index (χ2v) is 0.447. The molecule has 0 aliphatic heterocycles. The number of halogens is 1. The summed E-state index contributed by atoms with van der Waals surface area (Å²) in [5.74, 6) is 0. The Morgan fingerprint density at radius 1 is 0.778 bits per heavy atom. The van der Waals surface area contributed by atoms with Crippen molar-refractivity contribution in [3.8, 4) is 0 Å². The lowest BCUT2D eigenvalue weighted by atomic mass is 13.1. The summed E-state index contributed by atoms with van der Waals surface area (Å²) in [6.07, 6.45) is 0. The Labute approximate surface area is 54.3 Å². The van der Waals surface area contributed by atoms with Gasteiger partial charge in [-0.25, -0.2) is 0 Å². The summed E-state index contributed by atoms with van der Waals surface area (Å²) in [7, 11) is 0. The topological polar surface area (TPSA) is 132 Å². The lowest BCUT2D eigenvalue weighted by Gasteiger charge is -1.74. The molecular formula is H3ClN2O6. The van der Waals surface area contributed by atoms with Crippen LogP contribution >= 0.6 is 0 Å². The third-order valence-electron chi connectivity index (χ3n) is 0. The molecule has 56 valence electrons. The van der Waals surface area contributed by atoms with Crippen LogP contribution in [0.25, 0.3) is 0 Å². The minimum absolute atomic E-state index is 0. The molecular weight excluding hydrogens is 159 g/mol. The van der Waals surface area contributed by atoms with Crippen molar-refractivity contribution < 1.29 is 22.6 Å². The number of hydrogen-bond donors (Lipinski definition) is 0. The number of nitrogens with zero attached hydrogens (tertiary/aromatic N) is 2. The predicted octanol–water partition coefficient (Wildman–Crippen LogP) is -1.28. The SMILES string of the molecule is O=[N+]([O-])[O-].O=[N+]([O-])[O-].[ClH3+2]. The van der Waals surface area contributed by atoms with Gasteiger partial charge in [0, 0.05) is 0 Å². The van der Waals surface area contributed by atoms with Crippen LogP contribution in [0.15, 0.2) is 0 Å².